The van der Waals surface area contributed by atoms with Crippen LogP contribution >= 0.6 is 11.6 Å². The van der Waals surface area contributed by atoms with Gasteiger partial charge in [0.2, 0.25) is 5.95 Å². The van der Waals surface area contributed by atoms with Crippen molar-refractivity contribution in [3.05, 3.63) is 35.0 Å². The molecule has 1 aromatic heterocycles. The first kappa shape index (κ1) is 16.8. The number of hydrogen-bond acceptors (Lipinski definition) is 6. The van der Waals surface area contributed by atoms with E-state index in [0.717, 1.165) is 48.8 Å². The van der Waals surface area contributed by atoms with Crippen LogP contribution in [0.5, 0.6) is 0 Å². The predicted molar refractivity (Wildman–Crippen MR) is 98.5 cm³/mol. The Morgan fingerprint density at radius 2 is 2.00 bits per heavy atom. The van der Waals surface area contributed by atoms with E-state index >= 15 is 0 Å². The van der Waals surface area contributed by atoms with Gasteiger partial charge < -0.3 is 20.7 Å². The lowest BCUT2D eigenvalue weighted by molar-refractivity contribution is 0.0904. The van der Waals surface area contributed by atoms with Crippen LogP contribution < -0.4 is 16.0 Å². The van der Waals surface area contributed by atoms with Gasteiger partial charge in [-0.05, 0) is 43.5 Å². The molecule has 1 fully saturated rings. The molecular weight excluding hydrogens is 326 g/mol. The van der Waals surface area contributed by atoms with Crippen molar-refractivity contribution in [1.82, 2.24) is 9.97 Å². The van der Waals surface area contributed by atoms with Gasteiger partial charge >= 0.3 is 0 Å². The van der Waals surface area contributed by atoms with Gasteiger partial charge in [0, 0.05) is 37.0 Å². The van der Waals surface area contributed by atoms with Gasteiger partial charge in [-0.15, -0.1) is 0 Å². The van der Waals surface area contributed by atoms with Crippen molar-refractivity contribution in [1.29, 1.82) is 0 Å². The SMILES string of the molecule is CNc1cnc(Nc2ccc(Cl)cc2C)nc1NC1CCOCC1. The molecule has 0 radical (unpaired) electrons. The zero-order valence-corrected chi connectivity index (χ0v) is 14.7. The van der Waals surface area contributed by atoms with Crippen LogP contribution in [0.3, 0.4) is 0 Å². The lowest BCUT2D eigenvalue weighted by atomic mass is 10.1. The molecule has 2 heterocycles. The van der Waals surface area contributed by atoms with E-state index in [4.69, 9.17) is 16.3 Å². The van der Waals surface area contributed by atoms with E-state index in [0.29, 0.717) is 17.0 Å². The number of aryl methyl sites for hydroxylation is 1. The molecule has 2 aromatic rings. The Balaban J connectivity index is 1.79. The van der Waals surface area contributed by atoms with Crippen molar-refractivity contribution in [3.8, 4) is 0 Å². The number of aromatic nitrogens is 2. The highest BCUT2D eigenvalue weighted by Crippen LogP contribution is 2.26. The molecule has 0 bridgehead atoms. The van der Waals surface area contributed by atoms with Crippen LogP contribution in [-0.2, 0) is 4.74 Å². The summed E-state index contributed by atoms with van der Waals surface area (Å²) in [6.45, 7) is 3.57. The first-order valence-electron chi connectivity index (χ1n) is 8.08. The van der Waals surface area contributed by atoms with Crippen LogP contribution in [0.4, 0.5) is 23.1 Å². The fraction of sp³-hybridized carbons (Fsp3) is 0.412. The summed E-state index contributed by atoms with van der Waals surface area (Å²) in [5.41, 5.74) is 2.86. The average molecular weight is 348 g/mol. The van der Waals surface area contributed by atoms with Gasteiger partial charge in [0.15, 0.2) is 5.82 Å². The maximum absolute atomic E-state index is 6.01. The van der Waals surface area contributed by atoms with Crippen molar-refractivity contribution < 1.29 is 4.74 Å². The summed E-state index contributed by atoms with van der Waals surface area (Å²) >= 11 is 6.01. The number of hydrogen-bond donors (Lipinski definition) is 3. The quantitative estimate of drug-likeness (QED) is 0.764. The molecule has 0 amide bonds. The summed E-state index contributed by atoms with van der Waals surface area (Å²) in [7, 11) is 1.87. The monoisotopic (exact) mass is 347 g/mol. The number of nitrogens with one attached hydrogen (secondary N) is 3. The molecule has 0 saturated carbocycles. The molecule has 1 aliphatic rings. The minimum atomic E-state index is 0.367. The molecule has 3 rings (SSSR count). The van der Waals surface area contributed by atoms with Gasteiger partial charge in [0.1, 0.15) is 0 Å². The zero-order valence-electron chi connectivity index (χ0n) is 13.9. The maximum atomic E-state index is 6.01. The number of benzene rings is 1. The average Bonchev–Trinajstić information content (AvgIpc) is 2.59. The molecular formula is C17H22ClN5O. The molecule has 0 spiro atoms. The fourth-order valence-electron chi connectivity index (χ4n) is 2.66. The summed E-state index contributed by atoms with van der Waals surface area (Å²) in [5.74, 6) is 1.35. The lowest BCUT2D eigenvalue weighted by Gasteiger charge is -2.24. The topological polar surface area (TPSA) is 71.1 Å². The van der Waals surface area contributed by atoms with E-state index in [1.807, 2.05) is 32.2 Å². The molecule has 128 valence electrons. The van der Waals surface area contributed by atoms with E-state index in [1.54, 1.807) is 6.20 Å². The molecule has 7 heteroatoms. The Kier molecular flexibility index (Phi) is 5.37. The van der Waals surface area contributed by atoms with Crippen molar-refractivity contribution in [2.75, 3.05) is 36.2 Å². The summed E-state index contributed by atoms with van der Waals surface area (Å²) in [5, 5.41) is 10.6. The van der Waals surface area contributed by atoms with Crippen LogP contribution in [0.2, 0.25) is 5.02 Å². The van der Waals surface area contributed by atoms with Gasteiger partial charge in [-0.25, -0.2) is 4.98 Å². The zero-order chi connectivity index (χ0) is 16.9. The standard InChI is InChI=1S/C17H22ClN5O/c1-11-9-12(18)3-4-14(11)22-17-20-10-15(19-2)16(23-17)21-13-5-7-24-8-6-13/h3-4,9-10,13,19H,5-8H2,1-2H3,(H2,20,21,22,23). The van der Waals surface area contributed by atoms with Crippen molar-refractivity contribution in [3.63, 3.8) is 0 Å². The second-order valence-electron chi connectivity index (χ2n) is 5.82. The van der Waals surface area contributed by atoms with Gasteiger partial charge in [-0.2, -0.15) is 4.98 Å². The van der Waals surface area contributed by atoms with E-state index in [-0.39, 0.29) is 0 Å². The molecule has 3 N–H and O–H groups in total. The largest absolute Gasteiger partial charge is 0.384 e. The summed E-state index contributed by atoms with van der Waals surface area (Å²) in [6, 6.07) is 6.05. The molecule has 1 aliphatic heterocycles. The molecule has 1 saturated heterocycles. The van der Waals surface area contributed by atoms with E-state index < -0.39 is 0 Å². The number of nitrogens with zero attached hydrogens (tertiary/aromatic N) is 2. The van der Waals surface area contributed by atoms with Crippen LogP contribution in [-0.4, -0.2) is 36.3 Å². The van der Waals surface area contributed by atoms with Gasteiger partial charge in [-0.1, -0.05) is 11.6 Å². The number of ether oxygens (including phenoxy) is 1. The Morgan fingerprint density at radius 1 is 1.21 bits per heavy atom. The normalized spacial score (nSPS) is 15.1. The highest BCUT2D eigenvalue weighted by molar-refractivity contribution is 6.30. The van der Waals surface area contributed by atoms with Crippen LogP contribution in [0.15, 0.2) is 24.4 Å². The van der Waals surface area contributed by atoms with Gasteiger partial charge in [0.05, 0.1) is 11.9 Å². The number of rotatable bonds is 5. The fourth-order valence-corrected chi connectivity index (χ4v) is 2.88. The van der Waals surface area contributed by atoms with E-state index in [9.17, 15) is 0 Å². The maximum Gasteiger partial charge on any atom is 0.229 e. The smallest absolute Gasteiger partial charge is 0.229 e. The van der Waals surface area contributed by atoms with Crippen molar-refractivity contribution in [2.45, 2.75) is 25.8 Å². The Bertz CT molecular complexity index is 703. The number of anilines is 4. The molecule has 24 heavy (non-hydrogen) atoms. The van der Waals surface area contributed by atoms with Crippen molar-refractivity contribution >= 4 is 34.7 Å². The van der Waals surface area contributed by atoms with E-state index in [2.05, 4.69) is 25.9 Å². The highest BCUT2D eigenvalue weighted by atomic mass is 35.5. The minimum Gasteiger partial charge on any atom is -0.384 e. The lowest BCUT2D eigenvalue weighted by Crippen LogP contribution is -2.28. The predicted octanol–water partition coefficient (Wildman–Crippen LogP) is 3.81. The summed E-state index contributed by atoms with van der Waals surface area (Å²) < 4.78 is 5.41. The Labute approximate surface area is 147 Å². The Hall–Kier alpha value is -2.05. The third-order valence-electron chi connectivity index (χ3n) is 4.06. The second kappa shape index (κ2) is 7.68. The van der Waals surface area contributed by atoms with Gasteiger partial charge in [-0.3, -0.25) is 0 Å². The molecule has 6 nitrogen and oxygen atoms in total. The number of halogens is 1. The first-order valence-corrected chi connectivity index (χ1v) is 8.46. The van der Waals surface area contributed by atoms with E-state index in [1.165, 1.54) is 0 Å². The molecule has 0 atom stereocenters. The summed E-state index contributed by atoms with van der Waals surface area (Å²) in [4.78, 5) is 9.01. The second-order valence-corrected chi connectivity index (χ2v) is 6.26. The molecule has 0 aliphatic carbocycles. The van der Waals surface area contributed by atoms with Crippen LogP contribution in [0.1, 0.15) is 18.4 Å². The molecule has 0 unspecified atom stereocenters. The minimum absolute atomic E-state index is 0.367. The first-order chi connectivity index (χ1) is 11.7. The highest BCUT2D eigenvalue weighted by Gasteiger charge is 2.16. The van der Waals surface area contributed by atoms with Gasteiger partial charge in [0.25, 0.3) is 0 Å². The Morgan fingerprint density at radius 3 is 2.71 bits per heavy atom. The summed E-state index contributed by atoms with van der Waals surface area (Å²) in [6.07, 6.45) is 3.74. The third kappa shape index (κ3) is 4.07. The third-order valence-corrected chi connectivity index (χ3v) is 4.29. The van der Waals surface area contributed by atoms with Crippen LogP contribution in [0.25, 0.3) is 0 Å². The van der Waals surface area contributed by atoms with Crippen LogP contribution in [0, 0.1) is 6.92 Å². The molecule has 1 aromatic carbocycles. The van der Waals surface area contributed by atoms with Crippen molar-refractivity contribution in [2.24, 2.45) is 0 Å².